The predicted octanol–water partition coefficient (Wildman–Crippen LogP) is 3.08. The number of hydrogen-bond donors (Lipinski definition) is 0. The number of benzene rings is 1. The lowest BCUT2D eigenvalue weighted by Crippen LogP contribution is -2.19. The first-order chi connectivity index (χ1) is 7.71. The third-order valence-corrected chi connectivity index (χ3v) is 3.58. The van der Waals surface area contributed by atoms with E-state index in [0.717, 1.165) is 30.6 Å². The molecule has 3 heteroatoms. The number of methoxy groups -OCH3 is 1. The molecule has 16 heavy (non-hydrogen) atoms. The number of alkyl halides is 1. The van der Waals surface area contributed by atoms with Crippen molar-refractivity contribution >= 4 is 15.9 Å². The zero-order valence-electron chi connectivity index (χ0n) is 10.3. The van der Waals surface area contributed by atoms with Gasteiger partial charge >= 0.3 is 0 Å². The van der Waals surface area contributed by atoms with Gasteiger partial charge in [0.1, 0.15) is 5.75 Å². The van der Waals surface area contributed by atoms with Gasteiger partial charge in [-0.3, -0.25) is 4.90 Å². The molecule has 1 rings (SSSR count). The minimum Gasteiger partial charge on any atom is -0.496 e. The van der Waals surface area contributed by atoms with Crippen molar-refractivity contribution in [3.05, 3.63) is 29.3 Å². The molecule has 0 unspecified atom stereocenters. The highest BCUT2D eigenvalue weighted by atomic mass is 79.9. The average Bonchev–Trinajstić information content (AvgIpc) is 2.35. The minimum atomic E-state index is 0.906. The van der Waals surface area contributed by atoms with Crippen molar-refractivity contribution in [3.8, 4) is 5.75 Å². The summed E-state index contributed by atoms with van der Waals surface area (Å²) >= 11 is 3.45. The lowest BCUT2D eigenvalue weighted by molar-refractivity contribution is 0.385. The van der Waals surface area contributed by atoms with Crippen LogP contribution >= 0.6 is 15.9 Å². The van der Waals surface area contributed by atoms with E-state index >= 15 is 0 Å². The summed E-state index contributed by atoms with van der Waals surface area (Å²) in [5, 5.41) is 0. The summed E-state index contributed by atoms with van der Waals surface area (Å²) in [6, 6.07) is 6.46. The molecule has 0 aliphatic heterocycles. The van der Waals surface area contributed by atoms with Gasteiger partial charge in [0.15, 0.2) is 0 Å². The molecular weight excluding hydrogens is 266 g/mol. The molecule has 0 aliphatic rings. The standard InChI is InChI=1S/C13H20BrNO/c1-4-11-5-6-13(16-3)12(9-11)7-8-15(2)10-14/h5-6,9H,4,7-8,10H2,1-3H3. The van der Waals surface area contributed by atoms with E-state index in [4.69, 9.17) is 4.74 Å². The van der Waals surface area contributed by atoms with Crippen LogP contribution in [0.1, 0.15) is 18.1 Å². The van der Waals surface area contributed by atoms with E-state index in [9.17, 15) is 0 Å². The lowest BCUT2D eigenvalue weighted by Gasteiger charge is -2.15. The van der Waals surface area contributed by atoms with Crippen molar-refractivity contribution < 1.29 is 4.74 Å². The SMILES string of the molecule is CCc1ccc(OC)c(CCN(C)CBr)c1. The van der Waals surface area contributed by atoms with Crippen LogP contribution in [-0.2, 0) is 12.8 Å². The Morgan fingerprint density at radius 2 is 2.12 bits per heavy atom. The quantitative estimate of drug-likeness (QED) is 0.588. The zero-order valence-corrected chi connectivity index (χ0v) is 11.9. The Morgan fingerprint density at radius 3 is 2.69 bits per heavy atom. The summed E-state index contributed by atoms with van der Waals surface area (Å²) in [5.74, 6) is 1.00. The molecule has 0 bridgehead atoms. The summed E-state index contributed by atoms with van der Waals surface area (Å²) in [5.41, 5.74) is 3.58. The highest BCUT2D eigenvalue weighted by Crippen LogP contribution is 2.21. The van der Waals surface area contributed by atoms with Gasteiger partial charge in [0.25, 0.3) is 0 Å². The highest BCUT2D eigenvalue weighted by Gasteiger charge is 2.05. The molecule has 1 aromatic carbocycles. The van der Waals surface area contributed by atoms with Crippen molar-refractivity contribution in [3.63, 3.8) is 0 Å². The number of aryl methyl sites for hydroxylation is 1. The molecule has 1 aromatic rings. The van der Waals surface area contributed by atoms with E-state index in [2.05, 4.69) is 53.0 Å². The highest BCUT2D eigenvalue weighted by molar-refractivity contribution is 9.09. The Balaban J connectivity index is 2.75. The van der Waals surface area contributed by atoms with E-state index in [0.29, 0.717) is 0 Å². The van der Waals surface area contributed by atoms with Crippen molar-refractivity contribution in [1.29, 1.82) is 0 Å². The van der Waals surface area contributed by atoms with Gasteiger partial charge in [-0.2, -0.15) is 0 Å². The number of nitrogens with zero attached hydrogens (tertiary/aromatic N) is 1. The van der Waals surface area contributed by atoms with Crippen LogP contribution in [0.25, 0.3) is 0 Å². The van der Waals surface area contributed by atoms with Gasteiger partial charge in [0, 0.05) is 6.54 Å². The topological polar surface area (TPSA) is 12.5 Å². The molecule has 0 atom stereocenters. The van der Waals surface area contributed by atoms with Gasteiger partial charge in [-0.05, 0) is 37.1 Å². The third-order valence-electron chi connectivity index (χ3n) is 2.72. The molecule has 0 spiro atoms. The Labute approximate surface area is 107 Å². The fourth-order valence-corrected chi connectivity index (χ4v) is 1.87. The number of ether oxygens (including phenoxy) is 1. The predicted molar refractivity (Wildman–Crippen MR) is 72.5 cm³/mol. The summed E-state index contributed by atoms with van der Waals surface area (Å²) < 4.78 is 5.38. The maximum atomic E-state index is 5.38. The zero-order chi connectivity index (χ0) is 12.0. The van der Waals surface area contributed by atoms with E-state index in [-0.39, 0.29) is 0 Å². The monoisotopic (exact) mass is 285 g/mol. The molecule has 2 nitrogen and oxygen atoms in total. The lowest BCUT2D eigenvalue weighted by atomic mass is 10.1. The molecule has 0 amide bonds. The van der Waals surface area contributed by atoms with Crippen LogP contribution < -0.4 is 4.74 Å². The molecule has 0 N–H and O–H groups in total. The van der Waals surface area contributed by atoms with Crippen LogP contribution in [0.3, 0.4) is 0 Å². The van der Waals surface area contributed by atoms with Crippen molar-refractivity contribution in [2.24, 2.45) is 0 Å². The van der Waals surface area contributed by atoms with Gasteiger partial charge < -0.3 is 4.74 Å². The Morgan fingerprint density at radius 1 is 1.38 bits per heavy atom. The molecule has 0 fully saturated rings. The Bertz CT molecular complexity index is 328. The largest absolute Gasteiger partial charge is 0.496 e. The number of halogens is 1. The first-order valence-corrected chi connectivity index (χ1v) is 6.73. The first kappa shape index (κ1) is 13.5. The maximum Gasteiger partial charge on any atom is 0.122 e. The smallest absolute Gasteiger partial charge is 0.122 e. The third kappa shape index (κ3) is 3.80. The summed E-state index contributed by atoms with van der Waals surface area (Å²) in [4.78, 5) is 2.23. The van der Waals surface area contributed by atoms with Crippen LogP contribution in [0.2, 0.25) is 0 Å². The molecule has 0 saturated heterocycles. The second-order valence-electron chi connectivity index (χ2n) is 3.95. The molecule has 0 heterocycles. The van der Waals surface area contributed by atoms with Crippen molar-refractivity contribution in [1.82, 2.24) is 4.90 Å². The van der Waals surface area contributed by atoms with E-state index in [1.165, 1.54) is 11.1 Å². The van der Waals surface area contributed by atoms with Crippen molar-refractivity contribution in [2.45, 2.75) is 19.8 Å². The second kappa shape index (κ2) is 6.92. The number of likely N-dealkylation sites (N-methyl/N-ethyl adjacent to an activating group) is 1. The summed E-state index contributed by atoms with van der Waals surface area (Å²) in [7, 11) is 3.84. The van der Waals surface area contributed by atoms with Crippen molar-refractivity contribution in [2.75, 3.05) is 26.2 Å². The van der Waals surface area contributed by atoms with Crippen LogP contribution in [-0.4, -0.2) is 31.1 Å². The van der Waals surface area contributed by atoms with E-state index in [1.807, 2.05) is 0 Å². The summed E-state index contributed by atoms with van der Waals surface area (Å²) in [6.45, 7) is 3.21. The molecule has 0 radical (unpaired) electrons. The van der Waals surface area contributed by atoms with Crippen LogP contribution in [0.5, 0.6) is 5.75 Å². The number of rotatable bonds is 6. The van der Waals surface area contributed by atoms with Gasteiger partial charge in [-0.15, -0.1) is 0 Å². The Hall–Kier alpha value is -0.540. The molecule has 0 aliphatic carbocycles. The number of hydrogen-bond acceptors (Lipinski definition) is 2. The van der Waals surface area contributed by atoms with Gasteiger partial charge in [-0.1, -0.05) is 35.0 Å². The van der Waals surface area contributed by atoms with E-state index < -0.39 is 0 Å². The van der Waals surface area contributed by atoms with Crippen LogP contribution in [0.4, 0.5) is 0 Å². The maximum absolute atomic E-state index is 5.38. The fraction of sp³-hybridized carbons (Fsp3) is 0.538. The normalized spacial score (nSPS) is 10.8. The molecule has 0 aromatic heterocycles. The van der Waals surface area contributed by atoms with Gasteiger partial charge in [0.2, 0.25) is 0 Å². The Kier molecular flexibility index (Phi) is 5.85. The fourth-order valence-electron chi connectivity index (χ4n) is 1.62. The molecule has 90 valence electrons. The minimum absolute atomic E-state index is 0.906. The first-order valence-electron chi connectivity index (χ1n) is 5.61. The van der Waals surface area contributed by atoms with Gasteiger partial charge in [-0.25, -0.2) is 0 Å². The average molecular weight is 286 g/mol. The van der Waals surface area contributed by atoms with Crippen LogP contribution in [0, 0.1) is 0 Å². The van der Waals surface area contributed by atoms with Crippen LogP contribution in [0.15, 0.2) is 18.2 Å². The molecular formula is C13H20BrNO. The second-order valence-corrected chi connectivity index (χ2v) is 4.45. The van der Waals surface area contributed by atoms with Gasteiger partial charge in [0.05, 0.1) is 12.6 Å². The molecule has 0 saturated carbocycles. The van der Waals surface area contributed by atoms with E-state index in [1.54, 1.807) is 7.11 Å². The summed E-state index contributed by atoms with van der Waals surface area (Å²) in [6.07, 6.45) is 2.10.